The van der Waals surface area contributed by atoms with Crippen molar-refractivity contribution in [1.82, 2.24) is 14.9 Å². The van der Waals surface area contributed by atoms with E-state index in [2.05, 4.69) is 14.6 Å². The Hall–Kier alpha value is -2.08. The molecule has 4 nitrogen and oxygen atoms in total. The summed E-state index contributed by atoms with van der Waals surface area (Å²) in [4.78, 5) is 11.8. The molecule has 0 N–H and O–H groups in total. The lowest BCUT2D eigenvalue weighted by Gasteiger charge is -2.29. The van der Waals surface area contributed by atoms with Crippen LogP contribution < -0.4 is 4.74 Å². The molecule has 0 amide bonds. The summed E-state index contributed by atoms with van der Waals surface area (Å²) >= 11 is 0. The number of benzene rings is 1. The lowest BCUT2D eigenvalue weighted by atomic mass is 9.88. The molecule has 6 heteroatoms. The van der Waals surface area contributed by atoms with Gasteiger partial charge in [0.2, 0.25) is 0 Å². The summed E-state index contributed by atoms with van der Waals surface area (Å²) in [6.45, 7) is -0.632. The normalized spacial score (nSPS) is 18.5. The SMILES string of the molecule is FC(F)Oc1ccccc1CN1CCc2nc(C3CCCCC3)ncc2C1. The number of alkyl halides is 2. The molecule has 27 heavy (non-hydrogen) atoms. The highest BCUT2D eigenvalue weighted by Gasteiger charge is 2.23. The Morgan fingerprint density at radius 3 is 2.78 bits per heavy atom. The van der Waals surface area contributed by atoms with Crippen LogP contribution in [0.4, 0.5) is 8.78 Å². The van der Waals surface area contributed by atoms with E-state index in [1.807, 2.05) is 18.3 Å². The molecule has 0 bridgehead atoms. The predicted molar refractivity (Wildman–Crippen MR) is 98.8 cm³/mol. The van der Waals surface area contributed by atoms with Gasteiger partial charge in [0.1, 0.15) is 11.6 Å². The third-order valence-corrected chi connectivity index (χ3v) is 5.58. The number of rotatable bonds is 5. The van der Waals surface area contributed by atoms with E-state index in [0.717, 1.165) is 42.2 Å². The largest absolute Gasteiger partial charge is 0.434 e. The third kappa shape index (κ3) is 4.43. The molecule has 1 fully saturated rings. The fraction of sp³-hybridized carbons (Fsp3) is 0.524. The summed E-state index contributed by atoms with van der Waals surface area (Å²) in [5.74, 6) is 1.78. The van der Waals surface area contributed by atoms with Crippen molar-refractivity contribution in [2.75, 3.05) is 6.54 Å². The average molecular weight is 373 g/mol. The minimum absolute atomic E-state index is 0.252. The molecule has 0 unspecified atom stereocenters. The van der Waals surface area contributed by atoms with Crippen molar-refractivity contribution in [3.8, 4) is 5.75 Å². The monoisotopic (exact) mass is 373 g/mol. The van der Waals surface area contributed by atoms with Crippen molar-refractivity contribution in [2.24, 2.45) is 0 Å². The highest BCUT2D eigenvalue weighted by atomic mass is 19.3. The van der Waals surface area contributed by atoms with E-state index in [0.29, 0.717) is 12.5 Å². The second-order valence-electron chi connectivity index (χ2n) is 7.48. The van der Waals surface area contributed by atoms with Gasteiger partial charge in [-0.25, -0.2) is 9.97 Å². The van der Waals surface area contributed by atoms with Gasteiger partial charge in [-0.15, -0.1) is 0 Å². The van der Waals surface area contributed by atoms with E-state index in [1.165, 1.54) is 32.1 Å². The maximum Gasteiger partial charge on any atom is 0.387 e. The maximum absolute atomic E-state index is 12.6. The number of halogens is 2. The zero-order valence-corrected chi connectivity index (χ0v) is 15.4. The minimum Gasteiger partial charge on any atom is -0.434 e. The fourth-order valence-corrected chi connectivity index (χ4v) is 4.17. The Labute approximate surface area is 158 Å². The van der Waals surface area contributed by atoms with Gasteiger partial charge in [0, 0.05) is 55.0 Å². The van der Waals surface area contributed by atoms with Crippen molar-refractivity contribution in [3.63, 3.8) is 0 Å². The Morgan fingerprint density at radius 2 is 1.96 bits per heavy atom. The Morgan fingerprint density at radius 1 is 1.15 bits per heavy atom. The summed E-state index contributed by atoms with van der Waals surface area (Å²) in [5, 5.41) is 0. The van der Waals surface area contributed by atoms with Crippen LogP contribution in [-0.2, 0) is 19.5 Å². The molecule has 0 radical (unpaired) electrons. The lowest BCUT2D eigenvalue weighted by molar-refractivity contribution is -0.0508. The molecule has 0 atom stereocenters. The van der Waals surface area contributed by atoms with Gasteiger partial charge in [0.15, 0.2) is 0 Å². The first-order chi connectivity index (χ1) is 13.2. The molecular formula is C21H25F2N3O. The van der Waals surface area contributed by atoms with Crippen LogP contribution in [0, 0.1) is 0 Å². The van der Waals surface area contributed by atoms with E-state index >= 15 is 0 Å². The average Bonchev–Trinajstić information content (AvgIpc) is 2.69. The first-order valence-corrected chi connectivity index (χ1v) is 9.79. The second kappa shape index (κ2) is 8.30. The van der Waals surface area contributed by atoms with Crippen LogP contribution in [0.2, 0.25) is 0 Å². The molecule has 144 valence electrons. The molecule has 2 aromatic rings. The molecule has 2 heterocycles. The third-order valence-electron chi connectivity index (χ3n) is 5.58. The zero-order chi connectivity index (χ0) is 18.6. The van der Waals surface area contributed by atoms with Crippen LogP contribution in [0.5, 0.6) is 5.75 Å². The van der Waals surface area contributed by atoms with Crippen molar-refractivity contribution >= 4 is 0 Å². The van der Waals surface area contributed by atoms with Gasteiger partial charge in [-0.3, -0.25) is 4.90 Å². The molecule has 0 saturated heterocycles. The van der Waals surface area contributed by atoms with Crippen LogP contribution in [0.1, 0.15) is 60.7 Å². The fourth-order valence-electron chi connectivity index (χ4n) is 4.17. The molecule has 2 aliphatic rings. The summed E-state index contributed by atoms with van der Waals surface area (Å²) in [5.41, 5.74) is 3.08. The van der Waals surface area contributed by atoms with Gasteiger partial charge < -0.3 is 4.74 Å². The number of nitrogens with zero attached hydrogens (tertiary/aromatic N) is 3. The number of para-hydroxylation sites is 1. The minimum atomic E-state index is -2.81. The first kappa shape index (κ1) is 18.3. The van der Waals surface area contributed by atoms with Crippen LogP contribution in [-0.4, -0.2) is 28.0 Å². The highest BCUT2D eigenvalue weighted by Crippen LogP contribution is 2.31. The van der Waals surface area contributed by atoms with E-state index in [9.17, 15) is 8.78 Å². The van der Waals surface area contributed by atoms with Gasteiger partial charge in [-0.1, -0.05) is 37.5 Å². The van der Waals surface area contributed by atoms with E-state index in [1.54, 1.807) is 12.1 Å². The van der Waals surface area contributed by atoms with Crippen LogP contribution in [0.25, 0.3) is 0 Å². The molecule has 4 rings (SSSR count). The van der Waals surface area contributed by atoms with Crippen molar-refractivity contribution < 1.29 is 13.5 Å². The zero-order valence-electron chi connectivity index (χ0n) is 15.4. The van der Waals surface area contributed by atoms with Crippen molar-refractivity contribution in [1.29, 1.82) is 0 Å². The molecule has 1 aromatic carbocycles. The van der Waals surface area contributed by atoms with E-state index < -0.39 is 6.61 Å². The highest BCUT2D eigenvalue weighted by molar-refractivity contribution is 5.33. The number of ether oxygens (including phenoxy) is 1. The number of hydrogen-bond donors (Lipinski definition) is 0. The smallest absolute Gasteiger partial charge is 0.387 e. The van der Waals surface area contributed by atoms with E-state index in [4.69, 9.17) is 4.98 Å². The summed E-state index contributed by atoms with van der Waals surface area (Å²) < 4.78 is 29.9. The molecular weight excluding hydrogens is 348 g/mol. The molecule has 1 aromatic heterocycles. The lowest BCUT2D eigenvalue weighted by Crippen LogP contribution is -2.31. The quantitative estimate of drug-likeness (QED) is 0.762. The van der Waals surface area contributed by atoms with Crippen LogP contribution in [0.3, 0.4) is 0 Å². The standard InChI is InChI=1S/C21H25F2N3O/c22-21(23)27-19-9-5-4-8-16(19)13-26-11-10-18-17(14-26)12-24-20(25-18)15-6-2-1-3-7-15/h4-5,8-9,12,15,21H,1-3,6-7,10-11,13-14H2. The Balaban J connectivity index is 1.44. The maximum atomic E-state index is 12.6. The van der Waals surface area contributed by atoms with E-state index in [-0.39, 0.29) is 5.75 Å². The molecule has 1 aliphatic carbocycles. The summed E-state index contributed by atoms with van der Waals surface area (Å²) in [7, 11) is 0. The van der Waals surface area contributed by atoms with Gasteiger partial charge >= 0.3 is 6.61 Å². The van der Waals surface area contributed by atoms with Gasteiger partial charge in [-0.05, 0) is 18.9 Å². The number of hydrogen-bond acceptors (Lipinski definition) is 4. The topological polar surface area (TPSA) is 38.2 Å². The van der Waals surface area contributed by atoms with Crippen LogP contribution >= 0.6 is 0 Å². The van der Waals surface area contributed by atoms with Crippen LogP contribution in [0.15, 0.2) is 30.5 Å². The number of aromatic nitrogens is 2. The second-order valence-corrected chi connectivity index (χ2v) is 7.48. The summed E-state index contributed by atoms with van der Waals surface area (Å²) in [6, 6.07) is 7.01. The van der Waals surface area contributed by atoms with Crippen molar-refractivity contribution in [2.45, 2.75) is 64.1 Å². The van der Waals surface area contributed by atoms with Gasteiger partial charge in [0.25, 0.3) is 0 Å². The Bertz CT molecular complexity index is 778. The van der Waals surface area contributed by atoms with Gasteiger partial charge in [0.05, 0.1) is 0 Å². The molecule has 1 aliphatic heterocycles. The molecule has 1 saturated carbocycles. The predicted octanol–water partition coefficient (Wildman–Crippen LogP) is 4.68. The Kier molecular flexibility index (Phi) is 5.62. The van der Waals surface area contributed by atoms with Crippen molar-refractivity contribution in [3.05, 3.63) is 53.1 Å². The molecule has 0 spiro atoms. The number of fused-ring (bicyclic) bond motifs is 1. The summed E-state index contributed by atoms with van der Waals surface area (Å²) in [6.07, 6.45) is 9.12. The first-order valence-electron chi connectivity index (χ1n) is 9.79. The van der Waals surface area contributed by atoms with Gasteiger partial charge in [-0.2, -0.15) is 8.78 Å².